The Morgan fingerprint density at radius 2 is 2.26 bits per heavy atom. The molecule has 0 aromatic heterocycles. The van der Waals surface area contributed by atoms with E-state index in [-0.39, 0.29) is 5.91 Å². The van der Waals surface area contributed by atoms with Gasteiger partial charge in [-0.1, -0.05) is 0 Å². The second-order valence-corrected chi connectivity index (χ2v) is 6.02. The zero-order chi connectivity index (χ0) is 13.7. The number of primary amides is 1. The first-order valence-electron chi connectivity index (χ1n) is 7.33. The molecule has 0 bridgehead atoms. The van der Waals surface area contributed by atoms with Crippen LogP contribution < -0.4 is 11.1 Å². The number of nitrogens with one attached hydrogen (secondary N) is 1. The van der Waals surface area contributed by atoms with Gasteiger partial charge in [0.05, 0.1) is 18.8 Å². The van der Waals surface area contributed by atoms with Gasteiger partial charge in [0, 0.05) is 25.2 Å². The maximum atomic E-state index is 11.6. The lowest BCUT2D eigenvalue weighted by Crippen LogP contribution is -2.54. The highest BCUT2D eigenvalue weighted by Crippen LogP contribution is 2.24. The standard InChI is InChI=1S/C14H26N2O3/c1-14(13(15)17,16-12-3-4-12)6-2-7-18-9-11-5-8-19-10-11/h11-12,16H,2-10H2,1H3,(H2,15,17). The Kier molecular flexibility index (Phi) is 5.19. The van der Waals surface area contributed by atoms with E-state index in [1.165, 1.54) is 0 Å². The van der Waals surface area contributed by atoms with Gasteiger partial charge < -0.3 is 20.5 Å². The molecule has 19 heavy (non-hydrogen) atoms. The molecule has 2 unspecified atom stereocenters. The third-order valence-electron chi connectivity index (χ3n) is 3.99. The molecular formula is C14H26N2O3. The molecule has 1 aliphatic heterocycles. The molecule has 2 fully saturated rings. The first-order valence-corrected chi connectivity index (χ1v) is 7.33. The predicted molar refractivity (Wildman–Crippen MR) is 72.7 cm³/mol. The second-order valence-electron chi connectivity index (χ2n) is 6.02. The lowest BCUT2D eigenvalue weighted by molar-refractivity contribution is -0.124. The van der Waals surface area contributed by atoms with Crippen molar-refractivity contribution in [3.05, 3.63) is 0 Å². The minimum atomic E-state index is -0.582. The van der Waals surface area contributed by atoms with Crippen LogP contribution in [0.15, 0.2) is 0 Å². The zero-order valence-corrected chi connectivity index (χ0v) is 11.8. The molecular weight excluding hydrogens is 244 g/mol. The van der Waals surface area contributed by atoms with Gasteiger partial charge >= 0.3 is 0 Å². The summed E-state index contributed by atoms with van der Waals surface area (Å²) in [6, 6.07) is 0.481. The molecule has 0 aromatic carbocycles. The third-order valence-corrected chi connectivity index (χ3v) is 3.99. The highest BCUT2D eigenvalue weighted by atomic mass is 16.5. The minimum absolute atomic E-state index is 0.261. The van der Waals surface area contributed by atoms with Crippen LogP contribution in [0.1, 0.15) is 39.0 Å². The van der Waals surface area contributed by atoms with Crippen molar-refractivity contribution in [2.75, 3.05) is 26.4 Å². The van der Waals surface area contributed by atoms with Crippen molar-refractivity contribution < 1.29 is 14.3 Å². The minimum Gasteiger partial charge on any atom is -0.381 e. The number of rotatable bonds is 9. The van der Waals surface area contributed by atoms with Crippen molar-refractivity contribution in [2.45, 2.75) is 50.6 Å². The van der Waals surface area contributed by atoms with E-state index in [2.05, 4.69) is 5.32 Å². The molecule has 1 amide bonds. The number of carbonyl (C=O) groups is 1. The Balaban J connectivity index is 1.60. The molecule has 5 nitrogen and oxygen atoms in total. The van der Waals surface area contributed by atoms with E-state index in [4.69, 9.17) is 15.2 Å². The average molecular weight is 270 g/mol. The van der Waals surface area contributed by atoms with Crippen LogP contribution in [-0.2, 0) is 14.3 Å². The number of amides is 1. The fourth-order valence-corrected chi connectivity index (χ4v) is 2.44. The van der Waals surface area contributed by atoms with Crippen LogP contribution in [0.5, 0.6) is 0 Å². The van der Waals surface area contributed by atoms with Gasteiger partial charge in [-0.05, 0) is 39.0 Å². The molecule has 1 saturated heterocycles. The molecule has 3 N–H and O–H groups in total. The quantitative estimate of drug-likeness (QED) is 0.608. The van der Waals surface area contributed by atoms with Crippen LogP contribution >= 0.6 is 0 Å². The van der Waals surface area contributed by atoms with Crippen LogP contribution in [0.2, 0.25) is 0 Å². The summed E-state index contributed by atoms with van der Waals surface area (Å²) in [5.74, 6) is 0.288. The molecule has 0 spiro atoms. The predicted octanol–water partition coefficient (Wildman–Crippen LogP) is 0.816. The largest absolute Gasteiger partial charge is 0.381 e. The molecule has 5 heteroatoms. The first kappa shape index (κ1) is 14.8. The van der Waals surface area contributed by atoms with Crippen molar-refractivity contribution in [3.63, 3.8) is 0 Å². The van der Waals surface area contributed by atoms with Crippen molar-refractivity contribution in [1.82, 2.24) is 5.32 Å². The van der Waals surface area contributed by atoms with E-state index in [9.17, 15) is 4.79 Å². The highest BCUT2D eigenvalue weighted by Gasteiger charge is 2.36. The molecule has 2 rings (SSSR count). The topological polar surface area (TPSA) is 73.6 Å². The van der Waals surface area contributed by atoms with E-state index in [0.717, 1.165) is 51.9 Å². The van der Waals surface area contributed by atoms with Gasteiger partial charge in [-0.3, -0.25) is 4.79 Å². The van der Waals surface area contributed by atoms with Crippen molar-refractivity contribution in [3.8, 4) is 0 Å². The Morgan fingerprint density at radius 1 is 1.47 bits per heavy atom. The summed E-state index contributed by atoms with van der Waals surface area (Å²) in [4.78, 5) is 11.6. The van der Waals surface area contributed by atoms with Gasteiger partial charge in [-0.2, -0.15) is 0 Å². The molecule has 110 valence electrons. The first-order chi connectivity index (χ1) is 9.10. The zero-order valence-electron chi connectivity index (χ0n) is 11.8. The maximum Gasteiger partial charge on any atom is 0.237 e. The fraction of sp³-hybridized carbons (Fsp3) is 0.929. The lowest BCUT2D eigenvalue weighted by Gasteiger charge is -2.27. The Labute approximate surface area is 115 Å². The summed E-state index contributed by atoms with van der Waals surface area (Å²) in [6.07, 6.45) is 5.00. The van der Waals surface area contributed by atoms with E-state index in [1.807, 2.05) is 6.92 Å². The highest BCUT2D eigenvalue weighted by molar-refractivity contribution is 5.84. The van der Waals surface area contributed by atoms with Crippen molar-refractivity contribution >= 4 is 5.91 Å². The summed E-state index contributed by atoms with van der Waals surface area (Å²) in [6.45, 7) is 5.04. The summed E-state index contributed by atoms with van der Waals surface area (Å²) < 4.78 is 11.0. The molecule has 1 aliphatic carbocycles. The normalized spacial score (nSPS) is 26.3. The number of nitrogens with two attached hydrogens (primary N) is 1. The average Bonchev–Trinajstić information content (AvgIpc) is 3.02. The number of hydrogen-bond acceptors (Lipinski definition) is 4. The van der Waals surface area contributed by atoms with E-state index >= 15 is 0 Å². The van der Waals surface area contributed by atoms with E-state index < -0.39 is 5.54 Å². The summed E-state index contributed by atoms with van der Waals surface area (Å²) in [5.41, 5.74) is 4.92. The van der Waals surface area contributed by atoms with Gasteiger partial charge in [-0.25, -0.2) is 0 Å². The molecule has 1 saturated carbocycles. The lowest BCUT2D eigenvalue weighted by atomic mass is 9.95. The van der Waals surface area contributed by atoms with Gasteiger partial charge in [-0.15, -0.1) is 0 Å². The van der Waals surface area contributed by atoms with Crippen LogP contribution in [0, 0.1) is 5.92 Å². The molecule has 0 aromatic rings. The Bertz CT molecular complexity index is 301. The van der Waals surface area contributed by atoms with Crippen LogP contribution in [0.3, 0.4) is 0 Å². The van der Waals surface area contributed by atoms with Crippen LogP contribution in [-0.4, -0.2) is 43.9 Å². The van der Waals surface area contributed by atoms with Crippen molar-refractivity contribution in [1.29, 1.82) is 0 Å². The van der Waals surface area contributed by atoms with E-state index in [0.29, 0.717) is 18.6 Å². The van der Waals surface area contributed by atoms with Gasteiger partial charge in [0.25, 0.3) is 0 Å². The van der Waals surface area contributed by atoms with Crippen LogP contribution in [0.25, 0.3) is 0 Å². The Hall–Kier alpha value is -0.650. The van der Waals surface area contributed by atoms with E-state index in [1.54, 1.807) is 0 Å². The molecule has 1 heterocycles. The fourth-order valence-electron chi connectivity index (χ4n) is 2.44. The smallest absolute Gasteiger partial charge is 0.237 e. The molecule has 2 aliphatic rings. The number of ether oxygens (including phenoxy) is 2. The SMILES string of the molecule is CC(CCCOCC1CCOC1)(NC1CC1)C(N)=O. The summed E-state index contributed by atoms with van der Waals surface area (Å²) in [7, 11) is 0. The number of carbonyl (C=O) groups excluding carboxylic acids is 1. The second kappa shape index (κ2) is 6.68. The maximum absolute atomic E-state index is 11.6. The number of hydrogen-bond donors (Lipinski definition) is 2. The third kappa shape index (κ3) is 4.75. The van der Waals surface area contributed by atoms with Gasteiger partial charge in [0.15, 0.2) is 0 Å². The van der Waals surface area contributed by atoms with Gasteiger partial charge in [0.2, 0.25) is 5.91 Å². The summed E-state index contributed by atoms with van der Waals surface area (Å²) in [5, 5.41) is 3.35. The monoisotopic (exact) mass is 270 g/mol. The molecule has 2 atom stereocenters. The Morgan fingerprint density at radius 3 is 2.84 bits per heavy atom. The van der Waals surface area contributed by atoms with Gasteiger partial charge in [0.1, 0.15) is 0 Å². The van der Waals surface area contributed by atoms with Crippen molar-refractivity contribution in [2.24, 2.45) is 11.7 Å². The summed E-state index contributed by atoms with van der Waals surface area (Å²) >= 11 is 0. The molecule has 0 radical (unpaired) electrons. The van der Waals surface area contributed by atoms with Crippen LogP contribution in [0.4, 0.5) is 0 Å².